The zero-order valence-corrected chi connectivity index (χ0v) is 10.3. The van der Waals surface area contributed by atoms with Crippen LogP contribution in [0.15, 0.2) is 54.5 Å². The fourth-order valence-electron chi connectivity index (χ4n) is 1.47. The summed E-state index contributed by atoms with van der Waals surface area (Å²) in [5, 5.41) is 1.59. The van der Waals surface area contributed by atoms with Gasteiger partial charge in [-0.3, -0.25) is 0 Å². The van der Waals surface area contributed by atoms with Crippen molar-refractivity contribution in [1.82, 2.24) is 5.32 Å². The second kappa shape index (κ2) is 6.95. The minimum absolute atomic E-state index is 0.0767. The molecule has 0 bridgehead atoms. The Hall–Kier alpha value is -1.80. The van der Waals surface area contributed by atoms with Crippen LogP contribution in [-0.4, -0.2) is 13.5 Å². The molecule has 0 heterocycles. The van der Waals surface area contributed by atoms with E-state index < -0.39 is 61.7 Å². The summed E-state index contributed by atoms with van der Waals surface area (Å²) in [6.07, 6.45) is -5.29. The number of rotatable bonds is 6. The summed E-state index contributed by atoms with van der Waals surface area (Å²) in [4.78, 5) is 0. The van der Waals surface area contributed by atoms with E-state index in [2.05, 4.69) is 0 Å². The first-order valence-corrected chi connectivity index (χ1v) is 5.59. The lowest BCUT2D eigenvalue weighted by Crippen LogP contribution is -2.16. The van der Waals surface area contributed by atoms with E-state index in [-0.39, 0.29) is 5.75 Å². The maximum Gasteiger partial charge on any atom is 0.125 e. The molecule has 0 aliphatic heterocycles. The van der Waals surface area contributed by atoms with E-state index in [1.54, 1.807) is 30.4 Å². The van der Waals surface area contributed by atoms with Gasteiger partial charge in [0.1, 0.15) is 11.9 Å². The van der Waals surface area contributed by atoms with Crippen molar-refractivity contribution in [3.8, 4) is 5.75 Å². The molecule has 2 aromatic carbocycles. The van der Waals surface area contributed by atoms with Gasteiger partial charge in [0, 0.05) is 16.0 Å². The number of nitrogens with one attached hydrogen (secondary N) is 1. The fraction of sp³-hybridized carbons (Fsp3) is 0.294. The third-order valence-electron chi connectivity index (χ3n) is 2.39. The van der Waals surface area contributed by atoms with Gasteiger partial charge in [0.05, 0.1) is 6.85 Å². The quantitative estimate of drug-likeness (QED) is 0.861. The molecule has 19 heavy (non-hydrogen) atoms. The Morgan fingerprint density at radius 2 is 2.11 bits per heavy atom. The molecule has 1 N–H and O–H groups in total. The van der Waals surface area contributed by atoms with Crippen molar-refractivity contribution >= 4 is 0 Å². The van der Waals surface area contributed by atoms with Gasteiger partial charge >= 0.3 is 0 Å². The molecule has 0 saturated heterocycles. The Bertz CT molecular complexity index is 943. The van der Waals surface area contributed by atoms with Crippen LogP contribution in [-0.2, 0) is 0 Å². The average molecular weight is 267 g/mol. The second-order valence-corrected chi connectivity index (χ2v) is 3.70. The van der Waals surface area contributed by atoms with Crippen molar-refractivity contribution in [2.75, 3.05) is 13.5 Å². The van der Waals surface area contributed by atoms with E-state index in [1.165, 1.54) is 6.07 Å². The van der Waals surface area contributed by atoms with Crippen molar-refractivity contribution in [3.63, 3.8) is 0 Å². The summed E-state index contributed by atoms with van der Waals surface area (Å²) >= 11 is 0. The summed E-state index contributed by atoms with van der Waals surface area (Å²) in [6, 6.07) is 2.52. The average Bonchev–Trinajstić information content (AvgIpc) is 2.63. The molecular formula is C17H21NO. The zero-order chi connectivity index (χ0) is 23.9. The summed E-state index contributed by atoms with van der Waals surface area (Å²) in [5.74, 6) is 0.0767. The number of para-hydroxylation sites is 1. The summed E-state index contributed by atoms with van der Waals surface area (Å²) < 4.78 is 100. The largest absolute Gasteiger partial charge is 0.485 e. The first-order valence-electron chi connectivity index (χ1n) is 11.6. The maximum absolute atomic E-state index is 8.43. The van der Waals surface area contributed by atoms with Crippen LogP contribution in [0, 0.1) is 6.92 Å². The van der Waals surface area contributed by atoms with Crippen LogP contribution in [0.2, 0.25) is 0 Å². The number of ether oxygens (including phenoxy) is 1. The Morgan fingerprint density at radius 3 is 2.84 bits per heavy atom. The summed E-state index contributed by atoms with van der Waals surface area (Å²) in [6.45, 7) is -4.68. The smallest absolute Gasteiger partial charge is 0.125 e. The lowest BCUT2D eigenvalue weighted by atomic mass is 10.1. The molecule has 0 fully saturated rings. The van der Waals surface area contributed by atoms with Crippen molar-refractivity contribution in [1.29, 1.82) is 0 Å². The SMILES string of the molecule is [2H]c1c([2H])c([2H])c(C(Oc2ccccc2C)C([2H])([2H])C([2H])([2H])NC([2H])([2H])[2H])c([2H])c1[2H]. The maximum atomic E-state index is 8.43. The van der Waals surface area contributed by atoms with Crippen LogP contribution < -0.4 is 10.1 Å². The van der Waals surface area contributed by atoms with Gasteiger partial charge in [0.2, 0.25) is 0 Å². The van der Waals surface area contributed by atoms with Crippen molar-refractivity contribution in [3.05, 3.63) is 65.6 Å². The molecule has 0 aliphatic carbocycles. The van der Waals surface area contributed by atoms with Crippen molar-refractivity contribution < 1.29 is 21.2 Å². The predicted molar refractivity (Wildman–Crippen MR) is 79.5 cm³/mol. The topological polar surface area (TPSA) is 21.3 Å². The van der Waals surface area contributed by atoms with Crippen LogP contribution >= 0.6 is 0 Å². The lowest BCUT2D eigenvalue weighted by molar-refractivity contribution is 0.193. The molecule has 2 rings (SSSR count). The molecule has 2 aromatic rings. The van der Waals surface area contributed by atoms with Gasteiger partial charge in [-0.1, -0.05) is 48.4 Å². The monoisotopic (exact) mass is 267 g/mol. The molecule has 1 atom stereocenters. The Balaban J connectivity index is 2.79. The molecule has 2 nitrogen and oxygen atoms in total. The number of hydrogen-bond acceptors (Lipinski definition) is 2. The lowest BCUT2D eigenvalue weighted by Gasteiger charge is -2.20. The number of aryl methyl sites for hydroxylation is 1. The number of benzene rings is 2. The highest BCUT2D eigenvalue weighted by atomic mass is 16.5. The highest BCUT2D eigenvalue weighted by Crippen LogP contribution is 2.26. The van der Waals surface area contributed by atoms with Crippen LogP contribution in [0.4, 0.5) is 0 Å². The molecule has 0 radical (unpaired) electrons. The summed E-state index contributed by atoms with van der Waals surface area (Å²) in [7, 11) is 0. The van der Waals surface area contributed by atoms with Gasteiger partial charge < -0.3 is 10.1 Å². The minimum atomic E-state index is -3.24. The van der Waals surface area contributed by atoms with Crippen LogP contribution in [0.1, 0.15) is 40.1 Å². The van der Waals surface area contributed by atoms with Gasteiger partial charge in [-0.2, -0.15) is 0 Å². The van der Waals surface area contributed by atoms with E-state index in [1.807, 2.05) is 0 Å². The van der Waals surface area contributed by atoms with E-state index in [4.69, 9.17) is 21.2 Å². The molecular weight excluding hydrogens is 234 g/mol. The van der Waals surface area contributed by atoms with Crippen molar-refractivity contribution in [2.24, 2.45) is 0 Å². The third kappa shape index (κ3) is 3.83. The second-order valence-electron chi connectivity index (χ2n) is 3.70. The van der Waals surface area contributed by atoms with Crippen LogP contribution in [0.25, 0.3) is 0 Å². The molecule has 100 valence electrons. The van der Waals surface area contributed by atoms with Crippen LogP contribution in [0.3, 0.4) is 0 Å². The predicted octanol–water partition coefficient (Wildman–Crippen LogP) is 3.72. The minimum Gasteiger partial charge on any atom is -0.485 e. The highest BCUT2D eigenvalue weighted by Gasteiger charge is 2.13. The first-order chi connectivity index (χ1) is 14.0. The molecule has 0 amide bonds. The van der Waals surface area contributed by atoms with E-state index in [9.17, 15) is 0 Å². The number of hydrogen-bond donors (Lipinski definition) is 1. The summed E-state index contributed by atoms with van der Waals surface area (Å²) in [5.41, 5.74) is -0.115. The van der Waals surface area contributed by atoms with Crippen molar-refractivity contribution in [2.45, 2.75) is 19.4 Å². The molecule has 0 saturated carbocycles. The standard InChI is InChI=1S/C17H21NO/c1-14-8-6-7-11-16(14)19-17(12-13-18-2)15-9-4-3-5-10-15/h3-11,17-18H,12-13H2,1-2H3/i2D3,3D,4D,5D,9D,10D,12D2,13D2. The van der Waals surface area contributed by atoms with E-state index in [0.717, 1.165) is 0 Å². The first kappa shape index (κ1) is 4.95. The Kier molecular flexibility index (Phi) is 1.81. The van der Waals surface area contributed by atoms with Gasteiger partial charge in [-0.25, -0.2) is 0 Å². The Morgan fingerprint density at radius 1 is 1.32 bits per heavy atom. The molecule has 0 spiro atoms. The van der Waals surface area contributed by atoms with Crippen LogP contribution in [0.5, 0.6) is 5.75 Å². The molecule has 2 heteroatoms. The van der Waals surface area contributed by atoms with E-state index >= 15 is 0 Å². The highest BCUT2D eigenvalue weighted by molar-refractivity contribution is 5.33. The Labute approximate surface area is 132 Å². The van der Waals surface area contributed by atoms with E-state index in [0.29, 0.717) is 5.56 Å². The normalized spacial score (nSPS) is 23.4. The van der Waals surface area contributed by atoms with Gasteiger partial charge in [-0.05, 0) is 37.6 Å². The third-order valence-corrected chi connectivity index (χ3v) is 2.39. The molecule has 0 aliphatic rings. The van der Waals surface area contributed by atoms with Gasteiger partial charge in [0.15, 0.2) is 0 Å². The molecule has 0 aromatic heterocycles. The van der Waals surface area contributed by atoms with Gasteiger partial charge in [-0.15, -0.1) is 0 Å². The fourth-order valence-corrected chi connectivity index (χ4v) is 1.47. The zero-order valence-electron chi connectivity index (χ0n) is 22.3. The van der Waals surface area contributed by atoms with Gasteiger partial charge in [0.25, 0.3) is 0 Å². The molecule has 1 unspecified atom stereocenters.